The fourth-order valence-corrected chi connectivity index (χ4v) is 3.56. The van der Waals surface area contributed by atoms with Crippen LogP contribution >= 0.6 is 22.6 Å². The third-order valence-corrected chi connectivity index (χ3v) is 5.31. The van der Waals surface area contributed by atoms with Gasteiger partial charge in [0.15, 0.2) is 11.5 Å². The van der Waals surface area contributed by atoms with Crippen LogP contribution in [0.1, 0.15) is 30.9 Å². The van der Waals surface area contributed by atoms with Crippen molar-refractivity contribution in [3.05, 3.63) is 79.9 Å². The van der Waals surface area contributed by atoms with Gasteiger partial charge in [0.05, 0.1) is 12.7 Å². The van der Waals surface area contributed by atoms with Gasteiger partial charge in [0.1, 0.15) is 5.52 Å². The van der Waals surface area contributed by atoms with Crippen LogP contribution in [0.5, 0.6) is 0 Å². The number of aromatic nitrogens is 4. The Morgan fingerprint density at radius 2 is 1.85 bits per heavy atom. The molecule has 0 radical (unpaired) electrons. The normalized spacial score (nSPS) is 11.4. The zero-order chi connectivity index (χ0) is 19.0. The minimum Gasteiger partial charge on any atom is -0.303 e. The van der Waals surface area contributed by atoms with Crippen molar-refractivity contribution in [3.8, 4) is 11.4 Å². The first kappa shape index (κ1) is 17.9. The molecule has 27 heavy (non-hydrogen) atoms. The number of imidazole rings is 1. The van der Waals surface area contributed by atoms with Gasteiger partial charge >= 0.3 is 5.69 Å². The molecular weight excluding hydrogens is 451 g/mol. The van der Waals surface area contributed by atoms with E-state index < -0.39 is 0 Å². The number of nitrogens with zero attached hydrogens (tertiary/aromatic N) is 3. The van der Waals surface area contributed by atoms with Crippen molar-refractivity contribution in [1.29, 1.82) is 0 Å². The van der Waals surface area contributed by atoms with E-state index in [0.717, 1.165) is 14.7 Å². The lowest BCUT2D eigenvalue weighted by Gasteiger charge is -2.11. The molecule has 2 aromatic carbocycles. The SMILES string of the molecule is CC(C)c1ccccc1-c1ncc2[nH]c(=O)n(Cc3ccc(I)cc3)c2n1. The lowest BCUT2D eigenvalue weighted by Crippen LogP contribution is -2.17. The van der Waals surface area contributed by atoms with Gasteiger partial charge in [0.25, 0.3) is 0 Å². The van der Waals surface area contributed by atoms with E-state index in [2.05, 4.69) is 52.5 Å². The van der Waals surface area contributed by atoms with Gasteiger partial charge in [-0.25, -0.2) is 14.8 Å². The lowest BCUT2D eigenvalue weighted by atomic mass is 9.97. The molecule has 6 heteroatoms. The summed E-state index contributed by atoms with van der Waals surface area (Å²) in [4.78, 5) is 24.6. The van der Waals surface area contributed by atoms with E-state index in [4.69, 9.17) is 4.98 Å². The van der Waals surface area contributed by atoms with Crippen molar-refractivity contribution < 1.29 is 0 Å². The summed E-state index contributed by atoms with van der Waals surface area (Å²) in [6, 6.07) is 16.3. The van der Waals surface area contributed by atoms with Gasteiger partial charge in [0.2, 0.25) is 0 Å². The molecule has 4 aromatic rings. The van der Waals surface area contributed by atoms with Crippen molar-refractivity contribution >= 4 is 33.8 Å². The van der Waals surface area contributed by atoms with Crippen LogP contribution in [0.25, 0.3) is 22.6 Å². The van der Waals surface area contributed by atoms with Gasteiger partial charge in [-0.1, -0.05) is 50.2 Å². The molecule has 0 bridgehead atoms. The third-order valence-electron chi connectivity index (χ3n) is 4.59. The molecule has 5 nitrogen and oxygen atoms in total. The first-order chi connectivity index (χ1) is 13.0. The summed E-state index contributed by atoms with van der Waals surface area (Å²) in [7, 11) is 0. The highest BCUT2D eigenvalue weighted by molar-refractivity contribution is 14.1. The summed E-state index contributed by atoms with van der Waals surface area (Å²) in [6.45, 7) is 4.78. The van der Waals surface area contributed by atoms with Gasteiger partial charge in [-0.2, -0.15) is 0 Å². The van der Waals surface area contributed by atoms with E-state index in [1.807, 2.05) is 42.5 Å². The number of rotatable bonds is 4. The van der Waals surface area contributed by atoms with Crippen molar-refractivity contribution in [3.63, 3.8) is 0 Å². The Bertz CT molecular complexity index is 1160. The molecular formula is C21H19IN4O. The van der Waals surface area contributed by atoms with Crippen molar-refractivity contribution in [1.82, 2.24) is 19.5 Å². The Labute approximate surface area is 170 Å². The van der Waals surface area contributed by atoms with Gasteiger partial charge in [-0.15, -0.1) is 0 Å². The highest BCUT2D eigenvalue weighted by Gasteiger charge is 2.14. The van der Waals surface area contributed by atoms with E-state index in [0.29, 0.717) is 29.5 Å². The number of H-pyrrole nitrogens is 1. The summed E-state index contributed by atoms with van der Waals surface area (Å²) >= 11 is 2.27. The van der Waals surface area contributed by atoms with Crippen LogP contribution in [0.4, 0.5) is 0 Å². The molecule has 0 aliphatic rings. The highest BCUT2D eigenvalue weighted by Crippen LogP contribution is 2.27. The summed E-state index contributed by atoms with van der Waals surface area (Å²) in [5, 5.41) is 0. The van der Waals surface area contributed by atoms with Crippen molar-refractivity contribution in [2.75, 3.05) is 0 Å². The Kier molecular flexibility index (Phi) is 4.82. The molecule has 136 valence electrons. The van der Waals surface area contributed by atoms with E-state index in [-0.39, 0.29) is 5.69 Å². The predicted octanol–water partition coefficient (Wildman–Crippen LogP) is 4.56. The van der Waals surface area contributed by atoms with Crippen LogP contribution in [0, 0.1) is 3.57 Å². The van der Waals surface area contributed by atoms with Crippen LogP contribution in [-0.4, -0.2) is 19.5 Å². The van der Waals surface area contributed by atoms with E-state index in [1.165, 1.54) is 5.56 Å². The van der Waals surface area contributed by atoms with Crippen LogP contribution < -0.4 is 5.69 Å². The molecule has 0 fully saturated rings. The lowest BCUT2D eigenvalue weighted by molar-refractivity contribution is 0.777. The maximum atomic E-state index is 12.5. The molecule has 0 saturated carbocycles. The highest BCUT2D eigenvalue weighted by atomic mass is 127. The fraction of sp³-hybridized carbons (Fsp3) is 0.190. The maximum Gasteiger partial charge on any atom is 0.328 e. The van der Waals surface area contributed by atoms with Crippen LogP contribution in [-0.2, 0) is 6.54 Å². The quantitative estimate of drug-likeness (QED) is 0.445. The minimum atomic E-state index is -0.174. The van der Waals surface area contributed by atoms with Crippen molar-refractivity contribution in [2.24, 2.45) is 0 Å². The zero-order valence-electron chi connectivity index (χ0n) is 15.1. The number of hydrogen-bond acceptors (Lipinski definition) is 3. The monoisotopic (exact) mass is 470 g/mol. The summed E-state index contributed by atoms with van der Waals surface area (Å²) in [5.41, 5.74) is 4.36. The fourth-order valence-electron chi connectivity index (χ4n) is 3.20. The molecule has 2 heterocycles. The number of halogens is 1. The Hall–Kier alpha value is -2.48. The zero-order valence-corrected chi connectivity index (χ0v) is 17.3. The first-order valence-corrected chi connectivity index (χ1v) is 9.90. The van der Waals surface area contributed by atoms with Gasteiger partial charge in [0, 0.05) is 9.13 Å². The Morgan fingerprint density at radius 3 is 2.59 bits per heavy atom. The molecule has 0 atom stereocenters. The molecule has 0 aliphatic carbocycles. The average molecular weight is 470 g/mol. The second-order valence-electron chi connectivity index (χ2n) is 6.82. The summed E-state index contributed by atoms with van der Waals surface area (Å²) in [5.74, 6) is 1.00. The molecule has 1 N–H and O–H groups in total. The first-order valence-electron chi connectivity index (χ1n) is 8.82. The number of aromatic amines is 1. The van der Waals surface area contributed by atoms with Crippen molar-refractivity contribution in [2.45, 2.75) is 26.3 Å². The van der Waals surface area contributed by atoms with E-state index >= 15 is 0 Å². The second kappa shape index (κ2) is 7.26. The molecule has 0 unspecified atom stereocenters. The summed E-state index contributed by atoms with van der Waals surface area (Å²) in [6.07, 6.45) is 1.70. The topological polar surface area (TPSA) is 63.6 Å². The molecule has 0 saturated heterocycles. The third kappa shape index (κ3) is 3.53. The largest absolute Gasteiger partial charge is 0.328 e. The Balaban J connectivity index is 1.83. The number of hydrogen-bond donors (Lipinski definition) is 1. The van der Waals surface area contributed by atoms with Gasteiger partial charge < -0.3 is 4.98 Å². The van der Waals surface area contributed by atoms with E-state index in [1.54, 1.807) is 10.8 Å². The number of benzene rings is 2. The number of nitrogens with one attached hydrogen (secondary N) is 1. The van der Waals surface area contributed by atoms with E-state index in [9.17, 15) is 4.79 Å². The average Bonchev–Trinajstić information content (AvgIpc) is 2.98. The molecule has 0 spiro atoms. The maximum absolute atomic E-state index is 12.5. The predicted molar refractivity (Wildman–Crippen MR) is 116 cm³/mol. The standard InChI is InChI=1S/C21H19IN4O/c1-13(2)16-5-3-4-6-17(16)19-23-11-18-20(25-19)26(21(27)24-18)12-14-7-9-15(22)10-8-14/h3-11,13H,12H2,1-2H3,(H,24,27). The number of fused-ring (bicyclic) bond motifs is 1. The molecule has 4 rings (SSSR count). The second-order valence-corrected chi connectivity index (χ2v) is 8.06. The molecule has 0 amide bonds. The molecule has 0 aliphatic heterocycles. The van der Waals surface area contributed by atoms with Crippen LogP contribution in [0.3, 0.4) is 0 Å². The Morgan fingerprint density at radius 1 is 1.11 bits per heavy atom. The molecule has 2 aromatic heterocycles. The smallest absolute Gasteiger partial charge is 0.303 e. The van der Waals surface area contributed by atoms with Crippen LogP contribution in [0.15, 0.2) is 59.5 Å². The van der Waals surface area contributed by atoms with Gasteiger partial charge in [-0.05, 0) is 51.8 Å². The summed E-state index contributed by atoms with van der Waals surface area (Å²) < 4.78 is 2.83. The van der Waals surface area contributed by atoms with Gasteiger partial charge in [-0.3, -0.25) is 4.57 Å². The van der Waals surface area contributed by atoms with Crippen LogP contribution in [0.2, 0.25) is 0 Å². The minimum absolute atomic E-state index is 0.174.